The number of nitriles is 1. The highest BCUT2D eigenvalue weighted by Gasteiger charge is 2.19. The van der Waals surface area contributed by atoms with Gasteiger partial charge in [-0.3, -0.25) is 4.79 Å². The predicted octanol–water partition coefficient (Wildman–Crippen LogP) is 6.01. The van der Waals surface area contributed by atoms with Gasteiger partial charge in [-0.1, -0.05) is 42.5 Å². The molecule has 0 aliphatic carbocycles. The molecule has 2 heterocycles. The minimum atomic E-state index is -0.240. The van der Waals surface area contributed by atoms with E-state index in [9.17, 15) is 10.1 Å². The van der Waals surface area contributed by atoms with Gasteiger partial charge in [-0.25, -0.2) is 4.98 Å². The summed E-state index contributed by atoms with van der Waals surface area (Å²) in [6.07, 6.45) is 0. The Hall–Kier alpha value is -3.49. The van der Waals surface area contributed by atoms with E-state index in [0.29, 0.717) is 16.1 Å². The van der Waals surface area contributed by atoms with Crippen LogP contribution in [0.3, 0.4) is 0 Å². The molecule has 5 heteroatoms. The largest absolute Gasteiger partial charge is 0.312 e. The number of anilines is 1. The maximum atomic E-state index is 13.2. The average molecular weight is 398 g/mol. The average Bonchev–Trinajstić information content (AvgIpc) is 2.99. The van der Waals surface area contributed by atoms with E-state index < -0.39 is 0 Å². The Morgan fingerprint density at radius 3 is 2.55 bits per heavy atom. The van der Waals surface area contributed by atoms with Crippen molar-refractivity contribution in [3.8, 4) is 17.3 Å². The lowest BCUT2D eigenvalue weighted by molar-refractivity contribution is 0.102. The molecule has 2 aromatic heterocycles. The summed E-state index contributed by atoms with van der Waals surface area (Å²) in [7, 11) is 0. The Labute approximate surface area is 173 Å². The summed E-state index contributed by atoms with van der Waals surface area (Å²) < 4.78 is 0. The molecule has 142 valence electrons. The molecule has 4 aromatic rings. The van der Waals surface area contributed by atoms with E-state index in [1.807, 2.05) is 75.4 Å². The van der Waals surface area contributed by atoms with Crippen molar-refractivity contribution in [2.24, 2.45) is 0 Å². The molecule has 0 aliphatic heterocycles. The van der Waals surface area contributed by atoms with Crippen LogP contribution in [0.25, 0.3) is 22.2 Å². The fourth-order valence-corrected chi connectivity index (χ4v) is 4.39. The van der Waals surface area contributed by atoms with Crippen molar-refractivity contribution in [1.29, 1.82) is 5.26 Å². The highest BCUT2D eigenvalue weighted by Crippen LogP contribution is 2.33. The van der Waals surface area contributed by atoms with Crippen molar-refractivity contribution in [2.75, 3.05) is 5.32 Å². The van der Waals surface area contributed by atoms with Gasteiger partial charge in [0.25, 0.3) is 5.91 Å². The lowest BCUT2D eigenvalue weighted by Gasteiger charge is -2.11. The van der Waals surface area contributed by atoms with Gasteiger partial charge in [0.05, 0.1) is 22.3 Å². The molecule has 0 saturated carbocycles. The third-order valence-corrected chi connectivity index (χ3v) is 6.23. The SMILES string of the molecule is Cc1ccccc1-c1cc(C(=O)Nc2sc(C)c(C)c2C#N)c2ccccc2n1. The van der Waals surface area contributed by atoms with Crippen LogP contribution in [-0.2, 0) is 0 Å². The molecule has 1 amide bonds. The maximum Gasteiger partial charge on any atom is 0.257 e. The smallest absolute Gasteiger partial charge is 0.257 e. The number of nitrogens with zero attached hydrogens (tertiary/aromatic N) is 2. The Balaban J connectivity index is 1.85. The van der Waals surface area contributed by atoms with Gasteiger partial charge in [-0.05, 0) is 44.0 Å². The highest BCUT2D eigenvalue weighted by molar-refractivity contribution is 7.16. The molecular formula is C24H19N3OS. The van der Waals surface area contributed by atoms with Crippen LogP contribution in [0.2, 0.25) is 0 Å². The molecular weight excluding hydrogens is 378 g/mol. The van der Waals surface area contributed by atoms with Crippen molar-refractivity contribution in [1.82, 2.24) is 4.98 Å². The first kappa shape index (κ1) is 18.9. The summed E-state index contributed by atoms with van der Waals surface area (Å²) in [5.74, 6) is -0.240. The van der Waals surface area contributed by atoms with Crippen molar-refractivity contribution in [3.63, 3.8) is 0 Å². The van der Waals surface area contributed by atoms with E-state index in [1.54, 1.807) is 0 Å². The number of thiophene rings is 1. The number of hydrogen-bond acceptors (Lipinski definition) is 4. The Morgan fingerprint density at radius 1 is 1.07 bits per heavy atom. The Kier molecular flexibility index (Phi) is 4.87. The Bertz CT molecular complexity index is 1300. The number of aryl methyl sites for hydroxylation is 2. The van der Waals surface area contributed by atoms with Crippen LogP contribution in [0, 0.1) is 32.1 Å². The molecule has 0 radical (unpaired) electrons. The van der Waals surface area contributed by atoms with Gasteiger partial charge in [-0.2, -0.15) is 5.26 Å². The normalized spacial score (nSPS) is 10.7. The van der Waals surface area contributed by atoms with Gasteiger partial charge in [-0.15, -0.1) is 11.3 Å². The van der Waals surface area contributed by atoms with Crippen LogP contribution in [0.5, 0.6) is 0 Å². The van der Waals surface area contributed by atoms with Gasteiger partial charge < -0.3 is 5.32 Å². The number of carbonyl (C=O) groups is 1. The number of para-hydroxylation sites is 1. The van der Waals surface area contributed by atoms with E-state index >= 15 is 0 Å². The minimum absolute atomic E-state index is 0.240. The van der Waals surface area contributed by atoms with Crippen LogP contribution in [0.15, 0.2) is 54.6 Å². The molecule has 0 unspecified atom stereocenters. The fourth-order valence-electron chi connectivity index (χ4n) is 3.38. The van der Waals surface area contributed by atoms with Crippen molar-refractivity contribution in [2.45, 2.75) is 20.8 Å². The van der Waals surface area contributed by atoms with Crippen LogP contribution < -0.4 is 5.32 Å². The first-order valence-corrected chi connectivity index (χ1v) is 10.1. The molecule has 0 aliphatic rings. The number of nitrogens with one attached hydrogen (secondary N) is 1. The topological polar surface area (TPSA) is 65.8 Å². The first-order chi connectivity index (χ1) is 14.0. The first-order valence-electron chi connectivity index (χ1n) is 9.27. The summed E-state index contributed by atoms with van der Waals surface area (Å²) in [6.45, 7) is 5.88. The maximum absolute atomic E-state index is 13.2. The van der Waals surface area contributed by atoms with E-state index in [1.165, 1.54) is 11.3 Å². The zero-order valence-corrected chi connectivity index (χ0v) is 17.2. The minimum Gasteiger partial charge on any atom is -0.312 e. The highest BCUT2D eigenvalue weighted by atomic mass is 32.1. The number of rotatable bonds is 3. The number of hydrogen-bond donors (Lipinski definition) is 1. The summed E-state index contributed by atoms with van der Waals surface area (Å²) >= 11 is 1.43. The number of amides is 1. The molecule has 2 aromatic carbocycles. The molecule has 0 bridgehead atoms. The number of benzene rings is 2. The third kappa shape index (κ3) is 3.39. The molecule has 0 fully saturated rings. The van der Waals surface area contributed by atoms with Crippen LogP contribution in [-0.4, -0.2) is 10.9 Å². The Morgan fingerprint density at radius 2 is 1.79 bits per heavy atom. The number of fused-ring (bicyclic) bond motifs is 1. The van der Waals surface area contributed by atoms with E-state index in [2.05, 4.69) is 11.4 Å². The second-order valence-corrected chi connectivity index (χ2v) is 8.17. The quantitative estimate of drug-likeness (QED) is 0.460. The number of pyridine rings is 1. The van der Waals surface area contributed by atoms with E-state index in [4.69, 9.17) is 4.98 Å². The zero-order chi connectivity index (χ0) is 20.5. The molecule has 4 nitrogen and oxygen atoms in total. The lowest BCUT2D eigenvalue weighted by Crippen LogP contribution is -2.13. The lowest BCUT2D eigenvalue weighted by atomic mass is 10.0. The molecule has 1 N–H and O–H groups in total. The standard InChI is InChI=1S/C24H19N3OS/c1-14-8-4-5-9-17(14)22-12-19(18-10-6-7-11-21(18)26-22)23(28)27-24-20(13-25)15(2)16(3)29-24/h4-12H,1-3H3,(H,27,28). The van der Waals surface area contributed by atoms with Gasteiger partial charge in [0.15, 0.2) is 0 Å². The monoisotopic (exact) mass is 397 g/mol. The number of aromatic nitrogens is 1. The van der Waals surface area contributed by atoms with Crippen molar-refractivity contribution >= 4 is 33.1 Å². The van der Waals surface area contributed by atoms with E-state index in [0.717, 1.165) is 38.2 Å². The summed E-state index contributed by atoms with van der Waals surface area (Å²) in [5, 5.41) is 13.8. The van der Waals surface area contributed by atoms with Crippen LogP contribution >= 0.6 is 11.3 Å². The molecule has 4 rings (SSSR count). The van der Waals surface area contributed by atoms with Gasteiger partial charge >= 0.3 is 0 Å². The molecule has 0 spiro atoms. The third-order valence-electron chi connectivity index (χ3n) is 5.11. The van der Waals surface area contributed by atoms with Gasteiger partial charge in [0.2, 0.25) is 0 Å². The molecule has 0 saturated heterocycles. The van der Waals surface area contributed by atoms with Crippen LogP contribution in [0.1, 0.15) is 31.9 Å². The van der Waals surface area contributed by atoms with Gasteiger partial charge in [0, 0.05) is 15.8 Å². The summed E-state index contributed by atoms with van der Waals surface area (Å²) in [4.78, 5) is 19.0. The molecule has 0 atom stereocenters. The predicted molar refractivity (Wildman–Crippen MR) is 118 cm³/mol. The fraction of sp³-hybridized carbons (Fsp3) is 0.125. The molecule has 29 heavy (non-hydrogen) atoms. The van der Waals surface area contributed by atoms with Crippen molar-refractivity contribution in [3.05, 3.63) is 81.7 Å². The van der Waals surface area contributed by atoms with Gasteiger partial charge in [0.1, 0.15) is 11.1 Å². The number of carbonyl (C=O) groups excluding carboxylic acids is 1. The second-order valence-electron chi connectivity index (χ2n) is 6.94. The summed E-state index contributed by atoms with van der Waals surface area (Å²) in [6, 6.07) is 19.7. The zero-order valence-electron chi connectivity index (χ0n) is 16.4. The second kappa shape index (κ2) is 7.50. The van der Waals surface area contributed by atoms with Crippen LogP contribution in [0.4, 0.5) is 5.00 Å². The summed E-state index contributed by atoms with van der Waals surface area (Å²) in [5.41, 5.74) is 5.59. The van der Waals surface area contributed by atoms with Crippen molar-refractivity contribution < 1.29 is 4.79 Å². The van der Waals surface area contributed by atoms with E-state index in [-0.39, 0.29) is 5.91 Å².